The standard InChI is InChI=1S/C8H15N3O/c1-3-7(12)11-8(2)5-10-4-6(8)9/h3,6,10H,1,4-5,9H2,2H3,(H,11,12)/t6-,8+/m0/s1. The Morgan fingerprint density at radius 3 is 3.00 bits per heavy atom. The molecule has 4 N–H and O–H groups in total. The van der Waals surface area contributed by atoms with Gasteiger partial charge in [-0.1, -0.05) is 6.58 Å². The first kappa shape index (κ1) is 9.22. The van der Waals surface area contributed by atoms with E-state index in [1.54, 1.807) is 0 Å². The van der Waals surface area contributed by atoms with E-state index in [4.69, 9.17) is 5.73 Å². The van der Waals surface area contributed by atoms with Crippen LogP contribution in [0.4, 0.5) is 0 Å². The third kappa shape index (κ3) is 1.65. The Hall–Kier alpha value is -0.870. The predicted octanol–water partition coefficient (Wildman–Crippen LogP) is -1.02. The Bertz CT molecular complexity index is 204. The van der Waals surface area contributed by atoms with Crippen molar-refractivity contribution in [1.29, 1.82) is 0 Å². The zero-order valence-corrected chi connectivity index (χ0v) is 7.26. The molecule has 4 heteroatoms. The van der Waals surface area contributed by atoms with E-state index in [0.717, 1.165) is 6.54 Å². The lowest BCUT2D eigenvalue weighted by Gasteiger charge is -2.28. The van der Waals surface area contributed by atoms with Crippen LogP contribution in [0, 0.1) is 0 Å². The van der Waals surface area contributed by atoms with Gasteiger partial charge in [0, 0.05) is 19.1 Å². The molecule has 1 saturated heterocycles. The molecule has 0 aromatic carbocycles. The van der Waals surface area contributed by atoms with E-state index in [9.17, 15) is 4.79 Å². The molecule has 1 heterocycles. The molecule has 2 atom stereocenters. The Labute approximate surface area is 72.2 Å². The summed E-state index contributed by atoms with van der Waals surface area (Å²) in [6.07, 6.45) is 1.26. The van der Waals surface area contributed by atoms with Crippen LogP contribution in [0.3, 0.4) is 0 Å². The molecule has 0 saturated carbocycles. The van der Waals surface area contributed by atoms with Crippen molar-refractivity contribution in [1.82, 2.24) is 10.6 Å². The van der Waals surface area contributed by atoms with Gasteiger partial charge in [-0.2, -0.15) is 0 Å². The lowest BCUT2D eigenvalue weighted by atomic mass is 9.97. The van der Waals surface area contributed by atoms with E-state index < -0.39 is 0 Å². The van der Waals surface area contributed by atoms with Gasteiger partial charge < -0.3 is 16.4 Å². The van der Waals surface area contributed by atoms with Crippen LogP contribution in [0.25, 0.3) is 0 Å². The van der Waals surface area contributed by atoms with Crippen molar-refractivity contribution in [2.75, 3.05) is 13.1 Å². The van der Waals surface area contributed by atoms with Crippen LogP contribution >= 0.6 is 0 Å². The molecule has 1 aliphatic heterocycles. The van der Waals surface area contributed by atoms with E-state index in [1.807, 2.05) is 6.92 Å². The number of carbonyl (C=O) groups excluding carboxylic acids is 1. The zero-order valence-electron chi connectivity index (χ0n) is 7.26. The molecule has 0 bridgehead atoms. The fourth-order valence-corrected chi connectivity index (χ4v) is 1.31. The van der Waals surface area contributed by atoms with Crippen LogP contribution in [-0.2, 0) is 4.79 Å². The number of amides is 1. The average molecular weight is 169 g/mol. The average Bonchev–Trinajstić information content (AvgIpc) is 2.32. The number of hydrogen-bond acceptors (Lipinski definition) is 3. The number of nitrogens with one attached hydrogen (secondary N) is 2. The summed E-state index contributed by atoms with van der Waals surface area (Å²) in [4.78, 5) is 11.0. The van der Waals surface area contributed by atoms with Gasteiger partial charge in [-0.05, 0) is 13.0 Å². The van der Waals surface area contributed by atoms with Crippen molar-refractivity contribution in [2.45, 2.75) is 18.5 Å². The molecule has 68 valence electrons. The topological polar surface area (TPSA) is 67.2 Å². The predicted molar refractivity (Wildman–Crippen MR) is 47.6 cm³/mol. The van der Waals surface area contributed by atoms with Gasteiger partial charge in [0.05, 0.1) is 5.54 Å². The molecule has 0 radical (unpaired) electrons. The molecule has 1 fully saturated rings. The highest BCUT2D eigenvalue weighted by Gasteiger charge is 2.36. The van der Waals surface area contributed by atoms with Gasteiger partial charge in [-0.15, -0.1) is 0 Å². The highest BCUT2D eigenvalue weighted by molar-refractivity contribution is 5.87. The SMILES string of the molecule is C=CC(=O)N[C@]1(C)CNC[C@@H]1N. The first-order valence-corrected chi connectivity index (χ1v) is 3.99. The molecule has 0 aromatic rings. The maximum atomic E-state index is 11.0. The van der Waals surface area contributed by atoms with Gasteiger partial charge in [0.1, 0.15) is 0 Å². The molecule has 0 spiro atoms. The fraction of sp³-hybridized carbons (Fsp3) is 0.625. The Balaban J connectivity index is 2.59. The molecular formula is C8H15N3O. The maximum Gasteiger partial charge on any atom is 0.243 e. The van der Waals surface area contributed by atoms with Gasteiger partial charge in [0.15, 0.2) is 0 Å². The summed E-state index contributed by atoms with van der Waals surface area (Å²) in [5.41, 5.74) is 5.48. The van der Waals surface area contributed by atoms with Crippen LogP contribution in [0.2, 0.25) is 0 Å². The zero-order chi connectivity index (χ0) is 9.19. The molecular weight excluding hydrogens is 154 g/mol. The second kappa shape index (κ2) is 3.25. The first-order valence-electron chi connectivity index (χ1n) is 3.99. The Morgan fingerprint density at radius 2 is 2.58 bits per heavy atom. The molecule has 0 aliphatic carbocycles. The van der Waals surface area contributed by atoms with Crippen LogP contribution < -0.4 is 16.4 Å². The highest BCUT2D eigenvalue weighted by Crippen LogP contribution is 2.11. The summed E-state index contributed by atoms with van der Waals surface area (Å²) < 4.78 is 0. The highest BCUT2D eigenvalue weighted by atomic mass is 16.1. The summed E-state index contributed by atoms with van der Waals surface area (Å²) in [6.45, 7) is 6.78. The van der Waals surface area contributed by atoms with E-state index in [2.05, 4.69) is 17.2 Å². The molecule has 12 heavy (non-hydrogen) atoms. The minimum atomic E-state index is -0.328. The van der Waals surface area contributed by atoms with Gasteiger partial charge in [-0.25, -0.2) is 0 Å². The molecule has 0 unspecified atom stereocenters. The largest absolute Gasteiger partial charge is 0.345 e. The Morgan fingerprint density at radius 1 is 1.92 bits per heavy atom. The summed E-state index contributed by atoms with van der Waals surface area (Å²) >= 11 is 0. The normalized spacial score (nSPS) is 34.7. The number of nitrogens with two attached hydrogens (primary N) is 1. The summed E-state index contributed by atoms with van der Waals surface area (Å²) in [5, 5.41) is 5.93. The number of carbonyl (C=O) groups is 1. The second-order valence-corrected chi connectivity index (χ2v) is 3.35. The van der Waals surface area contributed by atoms with Gasteiger partial charge in [-0.3, -0.25) is 4.79 Å². The second-order valence-electron chi connectivity index (χ2n) is 3.35. The minimum absolute atomic E-state index is 0.0265. The third-order valence-electron chi connectivity index (χ3n) is 2.27. The first-order chi connectivity index (χ1) is 5.58. The minimum Gasteiger partial charge on any atom is -0.345 e. The monoisotopic (exact) mass is 169 g/mol. The van der Waals surface area contributed by atoms with E-state index in [0.29, 0.717) is 6.54 Å². The van der Waals surface area contributed by atoms with Crippen LogP contribution in [0.5, 0.6) is 0 Å². The molecule has 1 aliphatic rings. The summed E-state index contributed by atoms with van der Waals surface area (Å²) in [5.74, 6) is -0.170. The quantitative estimate of drug-likeness (QED) is 0.463. The summed E-state index contributed by atoms with van der Waals surface area (Å²) in [7, 11) is 0. The molecule has 4 nitrogen and oxygen atoms in total. The van der Waals surface area contributed by atoms with Gasteiger partial charge >= 0.3 is 0 Å². The molecule has 0 aromatic heterocycles. The van der Waals surface area contributed by atoms with E-state index >= 15 is 0 Å². The Kier molecular flexibility index (Phi) is 2.49. The third-order valence-corrected chi connectivity index (χ3v) is 2.27. The number of rotatable bonds is 2. The molecule has 1 rings (SSSR count). The van der Waals surface area contributed by atoms with Crippen molar-refractivity contribution in [3.05, 3.63) is 12.7 Å². The van der Waals surface area contributed by atoms with Crippen molar-refractivity contribution in [3.8, 4) is 0 Å². The maximum absolute atomic E-state index is 11.0. The van der Waals surface area contributed by atoms with Gasteiger partial charge in [0.2, 0.25) is 5.91 Å². The van der Waals surface area contributed by atoms with Crippen molar-refractivity contribution in [2.24, 2.45) is 5.73 Å². The molecule has 1 amide bonds. The van der Waals surface area contributed by atoms with Crippen molar-refractivity contribution >= 4 is 5.91 Å². The van der Waals surface area contributed by atoms with Gasteiger partial charge in [0.25, 0.3) is 0 Å². The fourth-order valence-electron chi connectivity index (χ4n) is 1.31. The number of hydrogen-bond donors (Lipinski definition) is 3. The smallest absolute Gasteiger partial charge is 0.243 e. The van der Waals surface area contributed by atoms with E-state index in [-0.39, 0.29) is 17.5 Å². The van der Waals surface area contributed by atoms with Crippen LogP contribution in [0.1, 0.15) is 6.92 Å². The van der Waals surface area contributed by atoms with Crippen molar-refractivity contribution < 1.29 is 4.79 Å². The summed E-state index contributed by atoms with van der Waals surface area (Å²) in [6, 6.07) is -0.0265. The van der Waals surface area contributed by atoms with Crippen LogP contribution in [-0.4, -0.2) is 30.6 Å². The van der Waals surface area contributed by atoms with E-state index in [1.165, 1.54) is 6.08 Å². The lowest BCUT2D eigenvalue weighted by Crippen LogP contribution is -2.57. The van der Waals surface area contributed by atoms with Crippen molar-refractivity contribution in [3.63, 3.8) is 0 Å². The van der Waals surface area contributed by atoms with Crippen LogP contribution in [0.15, 0.2) is 12.7 Å². The lowest BCUT2D eigenvalue weighted by molar-refractivity contribution is -0.118.